The number of rotatable bonds is 5. The van der Waals surface area contributed by atoms with Crippen LogP contribution in [0.1, 0.15) is 9.80 Å². The number of benzene rings is 1. The zero-order valence-corrected chi connectivity index (χ0v) is 12.0. The molecule has 0 bridgehead atoms. The van der Waals surface area contributed by atoms with Gasteiger partial charge in [-0.25, -0.2) is 4.98 Å². The van der Waals surface area contributed by atoms with Gasteiger partial charge in [-0.3, -0.25) is 4.79 Å². The average Bonchev–Trinajstić information content (AvgIpc) is 2.95. The van der Waals surface area contributed by atoms with Crippen LogP contribution in [0.2, 0.25) is 0 Å². The standard InChI is InChI=1S/C13H12ClNO3S/c1-17-11-4-3-8(5-12(11)18-2)9-7-19-13(15-9)10(16)6-14/h3-5,7H,6H2,1-2H3. The monoisotopic (exact) mass is 297 g/mol. The fourth-order valence-corrected chi connectivity index (χ4v) is 2.56. The third-order valence-corrected chi connectivity index (χ3v) is 3.67. The van der Waals surface area contributed by atoms with Gasteiger partial charge >= 0.3 is 0 Å². The summed E-state index contributed by atoms with van der Waals surface area (Å²) in [5, 5.41) is 2.24. The molecule has 2 aromatic rings. The van der Waals surface area contributed by atoms with Crippen LogP contribution in [0, 0.1) is 0 Å². The normalized spacial score (nSPS) is 10.3. The van der Waals surface area contributed by atoms with Crippen LogP contribution in [-0.2, 0) is 0 Å². The van der Waals surface area contributed by atoms with Gasteiger partial charge in [0.05, 0.1) is 25.8 Å². The molecule has 6 heteroatoms. The summed E-state index contributed by atoms with van der Waals surface area (Å²) in [6.07, 6.45) is 0. The average molecular weight is 298 g/mol. The number of halogens is 1. The summed E-state index contributed by atoms with van der Waals surface area (Å²) in [5.74, 6) is 1.05. The number of ether oxygens (including phenoxy) is 2. The maximum atomic E-state index is 11.5. The fourth-order valence-electron chi connectivity index (χ4n) is 1.59. The van der Waals surface area contributed by atoms with Crippen molar-refractivity contribution in [2.45, 2.75) is 0 Å². The SMILES string of the molecule is COc1ccc(-c2csc(C(=O)CCl)n2)cc1OC. The molecule has 0 aliphatic heterocycles. The lowest BCUT2D eigenvalue weighted by atomic mass is 10.1. The van der Waals surface area contributed by atoms with Crippen LogP contribution >= 0.6 is 22.9 Å². The molecule has 2 rings (SSSR count). The summed E-state index contributed by atoms with van der Waals surface area (Å²) in [5.41, 5.74) is 1.59. The van der Waals surface area contributed by atoms with Crippen molar-refractivity contribution in [1.82, 2.24) is 4.98 Å². The quantitative estimate of drug-likeness (QED) is 0.628. The van der Waals surface area contributed by atoms with Gasteiger partial charge in [-0.1, -0.05) is 0 Å². The van der Waals surface area contributed by atoms with Crippen LogP contribution in [0.4, 0.5) is 0 Å². The number of aromatic nitrogens is 1. The summed E-state index contributed by atoms with van der Waals surface area (Å²) >= 11 is 6.79. The molecule has 19 heavy (non-hydrogen) atoms. The highest BCUT2D eigenvalue weighted by Gasteiger charge is 2.12. The molecule has 0 amide bonds. The third kappa shape index (κ3) is 2.88. The predicted octanol–water partition coefficient (Wildman–Crippen LogP) is 3.25. The van der Waals surface area contributed by atoms with Crippen LogP contribution in [0.15, 0.2) is 23.6 Å². The number of ketones is 1. The van der Waals surface area contributed by atoms with Crippen molar-refractivity contribution in [1.29, 1.82) is 0 Å². The molecule has 0 saturated carbocycles. The minimum atomic E-state index is -0.168. The number of Topliss-reactive ketones (excluding diaryl/α,β-unsaturated/α-hetero) is 1. The molecule has 0 fully saturated rings. The lowest BCUT2D eigenvalue weighted by molar-refractivity contribution is 0.102. The molecule has 0 aliphatic rings. The largest absolute Gasteiger partial charge is 0.493 e. The summed E-state index contributed by atoms with van der Waals surface area (Å²) < 4.78 is 10.4. The van der Waals surface area contributed by atoms with Crippen molar-refractivity contribution in [2.75, 3.05) is 20.1 Å². The second-order valence-electron chi connectivity index (χ2n) is 3.66. The molecule has 0 unspecified atom stereocenters. The minimum absolute atomic E-state index is 0.0567. The third-order valence-electron chi connectivity index (χ3n) is 2.54. The highest BCUT2D eigenvalue weighted by molar-refractivity contribution is 7.12. The summed E-state index contributed by atoms with van der Waals surface area (Å²) in [7, 11) is 3.16. The van der Waals surface area contributed by atoms with Gasteiger partial charge in [0.1, 0.15) is 0 Å². The van der Waals surface area contributed by atoms with E-state index in [1.54, 1.807) is 20.3 Å². The van der Waals surface area contributed by atoms with Crippen LogP contribution in [0.5, 0.6) is 11.5 Å². The van der Waals surface area contributed by atoms with Gasteiger partial charge in [0.15, 0.2) is 16.5 Å². The number of alkyl halides is 1. The Morgan fingerprint density at radius 2 is 2.05 bits per heavy atom. The fraction of sp³-hybridized carbons (Fsp3) is 0.231. The molecule has 0 N–H and O–H groups in total. The molecule has 1 heterocycles. The second kappa shape index (κ2) is 6.04. The highest BCUT2D eigenvalue weighted by atomic mass is 35.5. The van der Waals surface area contributed by atoms with E-state index >= 15 is 0 Å². The molecule has 4 nitrogen and oxygen atoms in total. The molecular weight excluding hydrogens is 286 g/mol. The number of carbonyl (C=O) groups excluding carboxylic acids is 1. The van der Waals surface area contributed by atoms with Gasteiger partial charge < -0.3 is 9.47 Å². The van der Waals surface area contributed by atoms with E-state index in [9.17, 15) is 4.79 Å². The first-order chi connectivity index (χ1) is 9.19. The van der Waals surface area contributed by atoms with Crippen LogP contribution in [-0.4, -0.2) is 30.9 Å². The van der Waals surface area contributed by atoms with E-state index in [1.807, 2.05) is 17.5 Å². The Balaban J connectivity index is 2.36. The first kappa shape index (κ1) is 13.8. The Hall–Kier alpha value is -1.59. The van der Waals surface area contributed by atoms with E-state index in [0.29, 0.717) is 16.5 Å². The Morgan fingerprint density at radius 1 is 1.32 bits per heavy atom. The smallest absolute Gasteiger partial charge is 0.206 e. The molecule has 0 aliphatic carbocycles. The summed E-state index contributed by atoms with van der Waals surface area (Å²) in [6, 6.07) is 5.49. The maximum absolute atomic E-state index is 11.5. The summed E-state index contributed by atoms with van der Waals surface area (Å²) in [6.45, 7) is 0. The molecule has 1 aromatic carbocycles. The Bertz CT molecular complexity index is 597. The zero-order chi connectivity index (χ0) is 13.8. The zero-order valence-electron chi connectivity index (χ0n) is 10.5. The maximum Gasteiger partial charge on any atom is 0.206 e. The number of nitrogens with zero attached hydrogens (tertiary/aromatic N) is 1. The van der Waals surface area contributed by atoms with E-state index in [-0.39, 0.29) is 11.7 Å². The van der Waals surface area contributed by atoms with Crippen LogP contribution in [0.3, 0.4) is 0 Å². The highest BCUT2D eigenvalue weighted by Crippen LogP contribution is 2.32. The van der Waals surface area contributed by atoms with Crippen LogP contribution in [0.25, 0.3) is 11.3 Å². The minimum Gasteiger partial charge on any atom is -0.493 e. The molecule has 0 atom stereocenters. The van der Waals surface area contributed by atoms with Crippen molar-refractivity contribution in [3.63, 3.8) is 0 Å². The lowest BCUT2D eigenvalue weighted by Gasteiger charge is -2.08. The number of hydrogen-bond donors (Lipinski definition) is 0. The predicted molar refractivity (Wildman–Crippen MR) is 75.7 cm³/mol. The number of hydrogen-bond acceptors (Lipinski definition) is 5. The topological polar surface area (TPSA) is 48.4 Å². The summed E-state index contributed by atoms with van der Waals surface area (Å²) in [4.78, 5) is 15.7. The van der Waals surface area contributed by atoms with Gasteiger partial charge in [-0.15, -0.1) is 22.9 Å². The van der Waals surface area contributed by atoms with E-state index < -0.39 is 0 Å². The van der Waals surface area contributed by atoms with Crippen molar-refractivity contribution >= 4 is 28.7 Å². The van der Waals surface area contributed by atoms with Crippen molar-refractivity contribution in [2.24, 2.45) is 0 Å². The van der Waals surface area contributed by atoms with Crippen molar-refractivity contribution < 1.29 is 14.3 Å². The number of carbonyl (C=O) groups is 1. The van der Waals surface area contributed by atoms with E-state index in [0.717, 1.165) is 11.3 Å². The molecule has 0 spiro atoms. The van der Waals surface area contributed by atoms with Gasteiger partial charge in [-0.2, -0.15) is 0 Å². The van der Waals surface area contributed by atoms with Gasteiger partial charge in [-0.05, 0) is 18.2 Å². The molecule has 1 aromatic heterocycles. The van der Waals surface area contributed by atoms with Gasteiger partial charge in [0, 0.05) is 10.9 Å². The number of methoxy groups -OCH3 is 2. The Labute approximate surface area is 120 Å². The van der Waals surface area contributed by atoms with Crippen molar-refractivity contribution in [3.8, 4) is 22.8 Å². The van der Waals surface area contributed by atoms with E-state index in [1.165, 1.54) is 11.3 Å². The van der Waals surface area contributed by atoms with E-state index in [4.69, 9.17) is 21.1 Å². The van der Waals surface area contributed by atoms with Crippen LogP contribution < -0.4 is 9.47 Å². The first-order valence-electron chi connectivity index (χ1n) is 5.46. The Kier molecular flexibility index (Phi) is 4.39. The van der Waals surface area contributed by atoms with Crippen molar-refractivity contribution in [3.05, 3.63) is 28.6 Å². The van der Waals surface area contributed by atoms with E-state index in [2.05, 4.69) is 4.98 Å². The van der Waals surface area contributed by atoms with Gasteiger partial charge in [0.25, 0.3) is 0 Å². The van der Waals surface area contributed by atoms with Gasteiger partial charge in [0.2, 0.25) is 5.78 Å². The second-order valence-corrected chi connectivity index (χ2v) is 4.79. The Morgan fingerprint density at radius 3 is 2.68 bits per heavy atom. The first-order valence-corrected chi connectivity index (χ1v) is 6.88. The molecule has 0 saturated heterocycles. The molecule has 100 valence electrons. The lowest BCUT2D eigenvalue weighted by Crippen LogP contribution is -1.98. The molecule has 0 radical (unpaired) electrons. The molecular formula is C13H12ClNO3S. The number of thiazole rings is 1.